The first-order valence-corrected chi connectivity index (χ1v) is 10.8. The molecule has 1 aliphatic heterocycles. The molecule has 2 heterocycles. The van der Waals surface area contributed by atoms with Crippen molar-refractivity contribution in [3.8, 4) is 5.75 Å². The van der Waals surface area contributed by atoms with Crippen molar-refractivity contribution in [1.29, 1.82) is 0 Å². The van der Waals surface area contributed by atoms with Crippen LogP contribution in [0.5, 0.6) is 5.75 Å². The maximum atomic E-state index is 12.9. The highest BCUT2D eigenvalue weighted by atomic mass is 35.5. The Morgan fingerprint density at radius 3 is 2.61 bits per heavy atom. The maximum Gasteiger partial charge on any atom is 0.340 e. The SMILES string of the molecule is Cc1c(Cc2ccccc2)c(=O)oc2c3c(ccc12)OC[NH+](Cc1cccc(Cl)c1)C3. The van der Waals surface area contributed by atoms with Crippen LogP contribution < -0.4 is 15.3 Å². The Morgan fingerprint density at radius 1 is 1.00 bits per heavy atom. The minimum atomic E-state index is -0.274. The summed E-state index contributed by atoms with van der Waals surface area (Å²) in [7, 11) is 0. The minimum absolute atomic E-state index is 0.274. The van der Waals surface area contributed by atoms with Crippen LogP contribution in [-0.2, 0) is 19.5 Å². The Hall–Kier alpha value is -3.08. The van der Waals surface area contributed by atoms with Crippen LogP contribution in [0.2, 0.25) is 5.02 Å². The van der Waals surface area contributed by atoms with E-state index in [1.165, 1.54) is 4.90 Å². The largest absolute Gasteiger partial charge is 0.445 e. The molecule has 5 heteroatoms. The van der Waals surface area contributed by atoms with E-state index >= 15 is 0 Å². The van der Waals surface area contributed by atoms with E-state index in [9.17, 15) is 4.79 Å². The summed E-state index contributed by atoms with van der Waals surface area (Å²) in [5.74, 6) is 0.792. The molecular formula is C26H23ClNO3+. The molecule has 1 aromatic heterocycles. The second-order valence-electron chi connectivity index (χ2n) is 8.10. The minimum Gasteiger partial charge on any atom is -0.445 e. The summed E-state index contributed by atoms with van der Waals surface area (Å²) < 4.78 is 11.9. The van der Waals surface area contributed by atoms with E-state index in [0.717, 1.165) is 51.5 Å². The quantitative estimate of drug-likeness (QED) is 0.489. The fraction of sp³-hybridized carbons (Fsp3) is 0.192. The van der Waals surface area contributed by atoms with Gasteiger partial charge in [-0.05, 0) is 42.3 Å². The van der Waals surface area contributed by atoms with Crippen LogP contribution in [0.25, 0.3) is 11.0 Å². The molecule has 0 spiro atoms. The van der Waals surface area contributed by atoms with Crippen LogP contribution in [0.3, 0.4) is 0 Å². The summed E-state index contributed by atoms with van der Waals surface area (Å²) in [6, 6.07) is 21.9. The number of benzene rings is 3. The molecule has 1 N–H and O–H groups in total. The van der Waals surface area contributed by atoms with Gasteiger partial charge in [0.15, 0.2) is 5.58 Å². The molecule has 1 unspecified atom stereocenters. The molecule has 156 valence electrons. The summed E-state index contributed by atoms with van der Waals surface area (Å²) in [5.41, 5.74) is 5.24. The van der Waals surface area contributed by atoms with Crippen molar-refractivity contribution in [3.05, 3.63) is 110 Å². The third-order valence-electron chi connectivity index (χ3n) is 5.94. The van der Waals surface area contributed by atoms with Crippen LogP contribution in [-0.4, -0.2) is 6.73 Å². The third kappa shape index (κ3) is 3.97. The number of ether oxygens (including phenoxy) is 1. The lowest BCUT2D eigenvalue weighted by Crippen LogP contribution is -3.10. The Morgan fingerprint density at radius 2 is 1.81 bits per heavy atom. The Balaban J connectivity index is 1.51. The molecule has 0 amide bonds. The molecule has 0 aliphatic carbocycles. The topological polar surface area (TPSA) is 43.9 Å². The zero-order chi connectivity index (χ0) is 21.4. The highest BCUT2D eigenvalue weighted by Gasteiger charge is 2.26. The fourth-order valence-electron chi connectivity index (χ4n) is 4.33. The lowest BCUT2D eigenvalue weighted by Gasteiger charge is -2.27. The van der Waals surface area contributed by atoms with E-state index in [1.54, 1.807) is 0 Å². The predicted octanol–water partition coefficient (Wildman–Crippen LogP) is 4.28. The van der Waals surface area contributed by atoms with Crippen molar-refractivity contribution < 1.29 is 14.1 Å². The van der Waals surface area contributed by atoms with Gasteiger partial charge in [-0.1, -0.05) is 54.1 Å². The first-order chi connectivity index (χ1) is 15.1. The van der Waals surface area contributed by atoms with Crippen LogP contribution in [0, 0.1) is 6.92 Å². The molecule has 1 aliphatic rings. The van der Waals surface area contributed by atoms with E-state index in [-0.39, 0.29) is 5.63 Å². The van der Waals surface area contributed by atoms with Gasteiger partial charge in [0.05, 0.1) is 5.56 Å². The van der Waals surface area contributed by atoms with E-state index in [2.05, 4.69) is 6.07 Å². The molecule has 31 heavy (non-hydrogen) atoms. The number of quaternary nitrogens is 1. The summed E-state index contributed by atoms with van der Waals surface area (Å²) in [4.78, 5) is 14.2. The molecule has 4 nitrogen and oxygen atoms in total. The first-order valence-electron chi connectivity index (χ1n) is 10.4. The van der Waals surface area contributed by atoms with Crippen molar-refractivity contribution in [2.45, 2.75) is 26.4 Å². The van der Waals surface area contributed by atoms with Gasteiger partial charge in [-0.3, -0.25) is 4.90 Å². The molecule has 4 aromatic rings. The number of hydrogen-bond acceptors (Lipinski definition) is 3. The lowest BCUT2D eigenvalue weighted by molar-refractivity contribution is -0.945. The third-order valence-corrected chi connectivity index (χ3v) is 6.18. The van der Waals surface area contributed by atoms with Gasteiger partial charge < -0.3 is 9.15 Å². The Bertz CT molecular complexity index is 1310. The summed E-state index contributed by atoms with van der Waals surface area (Å²) in [6.45, 7) is 4.07. The highest BCUT2D eigenvalue weighted by molar-refractivity contribution is 6.30. The monoisotopic (exact) mass is 432 g/mol. The van der Waals surface area contributed by atoms with Gasteiger partial charge in [0, 0.05) is 28.0 Å². The van der Waals surface area contributed by atoms with Crippen LogP contribution in [0.4, 0.5) is 0 Å². The maximum absolute atomic E-state index is 12.9. The number of rotatable bonds is 4. The molecule has 3 aromatic carbocycles. The number of nitrogens with one attached hydrogen (secondary N) is 1. The molecular weight excluding hydrogens is 410 g/mol. The summed E-state index contributed by atoms with van der Waals surface area (Å²) >= 11 is 6.14. The molecule has 0 bridgehead atoms. The molecule has 5 rings (SSSR count). The molecule has 0 radical (unpaired) electrons. The average molecular weight is 433 g/mol. The average Bonchev–Trinajstić information content (AvgIpc) is 2.77. The van der Waals surface area contributed by atoms with Crippen molar-refractivity contribution in [2.24, 2.45) is 0 Å². The molecule has 0 fully saturated rings. The van der Waals surface area contributed by atoms with E-state index in [1.807, 2.05) is 67.6 Å². The van der Waals surface area contributed by atoms with Crippen molar-refractivity contribution in [3.63, 3.8) is 0 Å². The van der Waals surface area contributed by atoms with Gasteiger partial charge in [0.25, 0.3) is 0 Å². The van der Waals surface area contributed by atoms with Gasteiger partial charge in [-0.2, -0.15) is 0 Å². The number of fused-ring (bicyclic) bond motifs is 3. The normalized spacial score (nSPS) is 15.5. The molecule has 1 atom stereocenters. The predicted molar refractivity (Wildman–Crippen MR) is 122 cm³/mol. The molecule has 0 saturated heterocycles. The number of hydrogen-bond donors (Lipinski definition) is 1. The standard InChI is InChI=1S/C26H22ClNO3/c1-17-21-10-11-24-23(15-28(16-30-24)14-19-8-5-9-20(27)12-19)25(21)31-26(29)22(17)13-18-6-3-2-4-7-18/h2-12H,13-16H2,1H3/p+1. The van der Waals surface area contributed by atoms with E-state index in [0.29, 0.717) is 24.3 Å². The van der Waals surface area contributed by atoms with Gasteiger partial charge in [0.2, 0.25) is 6.73 Å². The van der Waals surface area contributed by atoms with Gasteiger partial charge >= 0.3 is 5.63 Å². The highest BCUT2D eigenvalue weighted by Crippen LogP contribution is 2.31. The number of aryl methyl sites for hydroxylation is 1. The first kappa shape index (κ1) is 19.9. The van der Waals surface area contributed by atoms with Crippen molar-refractivity contribution in [2.75, 3.05) is 6.73 Å². The fourth-order valence-corrected chi connectivity index (χ4v) is 4.54. The van der Waals surface area contributed by atoms with Crippen LogP contribution >= 0.6 is 11.6 Å². The second-order valence-corrected chi connectivity index (χ2v) is 8.53. The summed E-state index contributed by atoms with van der Waals surface area (Å²) in [6.07, 6.45) is 0.560. The lowest BCUT2D eigenvalue weighted by atomic mass is 9.97. The second kappa shape index (κ2) is 8.22. The van der Waals surface area contributed by atoms with Crippen molar-refractivity contribution >= 4 is 22.6 Å². The molecule has 0 saturated carbocycles. The van der Waals surface area contributed by atoms with Crippen LogP contribution in [0.1, 0.15) is 27.8 Å². The van der Waals surface area contributed by atoms with Crippen molar-refractivity contribution in [1.82, 2.24) is 0 Å². The van der Waals surface area contributed by atoms with Crippen LogP contribution in [0.15, 0.2) is 75.9 Å². The summed E-state index contributed by atoms with van der Waals surface area (Å²) in [5, 5.41) is 1.70. The Kier molecular flexibility index (Phi) is 5.26. The van der Waals surface area contributed by atoms with Gasteiger partial charge in [-0.15, -0.1) is 0 Å². The smallest absolute Gasteiger partial charge is 0.340 e. The Labute approximate surface area is 185 Å². The van der Waals surface area contributed by atoms with Gasteiger partial charge in [-0.25, -0.2) is 4.79 Å². The van der Waals surface area contributed by atoms with E-state index < -0.39 is 0 Å². The van der Waals surface area contributed by atoms with E-state index in [4.69, 9.17) is 20.8 Å². The zero-order valence-electron chi connectivity index (χ0n) is 17.3. The van der Waals surface area contributed by atoms with Gasteiger partial charge in [0.1, 0.15) is 18.8 Å². The number of halogens is 1. The zero-order valence-corrected chi connectivity index (χ0v) is 18.0.